The largest absolute Gasteiger partial charge is 0.314 e. The van der Waals surface area contributed by atoms with E-state index in [-0.39, 0.29) is 0 Å². The molecular formula is C12H23N3. The van der Waals surface area contributed by atoms with Gasteiger partial charge in [-0.2, -0.15) is 5.26 Å². The molecule has 0 spiro atoms. The molecule has 0 atom stereocenters. The zero-order valence-corrected chi connectivity index (χ0v) is 10.00. The lowest BCUT2D eigenvalue weighted by atomic mass is 10.2. The molecule has 1 N–H and O–H groups in total. The van der Waals surface area contributed by atoms with Crippen molar-refractivity contribution in [2.75, 3.05) is 19.6 Å². The minimum Gasteiger partial charge on any atom is -0.314 e. The molecule has 1 rings (SSSR count). The fraction of sp³-hybridized carbons (Fsp3) is 0.917. The molecule has 0 aromatic carbocycles. The maximum absolute atomic E-state index is 8.56. The highest BCUT2D eigenvalue weighted by Crippen LogP contribution is 2.18. The third-order valence-corrected chi connectivity index (χ3v) is 2.87. The SMILES string of the molecule is CC(C)N(CCC#N)CCCNC1CC1. The molecule has 15 heavy (non-hydrogen) atoms. The van der Waals surface area contributed by atoms with E-state index in [0.717, 1.165) is 25.7 Å². The molecule has 3 nitrogen and oxygen atoms in total. The summed E-state index contributed by atoms with van der Waals surface area (Å²) in [6, 6.07) is 3.59. The normalized spacial score (nSPS) is 15.9. The molecule has 0 aromatic heterocycles. The van der Waals surface area contributed by atoms with E-state index in [4.69, 9.17) is 5.26 Å². The van der Waals surface area contributed by atoms with E-state index in [9.17, 15) is 0 Å². The zero-order chi connectivity index (χ0) is 11.1. The zero-order valence-electron chi connectivity index (χ0n) is 10.00. The van der Waals surface area contributed by atoms with Crippen LogP contribution in [-0.2, 0) is 0 Å². The summed E-state index contributed by atoms with van der Waals surface area (Å²) in [6.07, 6.45) is 4.57. The van der Waals surface area contributed by atoms with E-state index < -0.39 is 0 Å². The second-order valence-corrected chi connectivity index (χ2v) is 4.62. The number of hydrogen-bond donors (Lipinski definition) is 1. The highest BCUT2D eigenvalue weighted by Gasteiger charge is 2.19. The van der Waals surface area contributed by atoms with Crippen molar-refractivity contribution < 1.29 is 0 Å². The van der Waals surface area contributed by atoms with Crippen LogP contribution in [0.5, 0.6) is 0 Å². The van der Waals surface area contributed by atoms with E-state index in [1.165, 1.54) is 19.3 Å². The second kappa shape index (κ2) is 6.81. The van der Waals surface area contributed by atoms with E-state index in [1.807, 2.05) is 0 Å². The minimum absolute atomic E-state index is 0.555. The molecule has 0 radical (unpaired) electrons. The lowest BCUT2D eigenvalue weighted by molar-refractivity contribution is 0.223. The van der Waals surface area contributed by atoms with Gasteiger partial charge < -0.3 is 5.32 Å². The predicted octanol–water partition coefficient (Wildman–Crippen LogP) is 1.75. The molecule has 0 aromatic rings. The van der Waals surface area contributed by atoms with Gasteiger partial charge in [0.05, 0.1) is 6.07 Å². The van der Waals surface area contributed by atoms with Gasteiger partial charge in [-0.25, -0.2) is 0 Å². The van der Waals surface area contributed by atoms with Gasteiger partial charge in [-0.3, -0.25) is 4.90 Å². The van der Waals surface area contributed by atoms with Crippen LogP contribution in [0.25, 0.3) is 0 Å². The van der Waals surface area contributed by atoms with E-state index >= 15 is 0 Å². The maximum Gasteiger partial charge on any atom is 0.0635 e. The first-order valence-corrected chi connectivity index (χ1v) is 6.08. The molecule has 0 bridgehead atoms. The molecule has 1 aliphatic carbocycles. The van der Waals surface area contributed by atoms with Gasteiger partial charge in [0.25, 0.3) is 0 Å². The van der Waals surface area contributed by atoms with Gasteiger partial charge >= 0.3 is 0 Å². The fourth-order valence-corrected chi connectivity index (χ4v) is 1.70. The Bertz CT molecular complexity index is 203. The van der Waals surface area contributed by atoms with Crippen molar-refractivity contribution in [3.63, 3.8) is 0 Å². The van der Waals surface area contributed by atoms with E-state index in [2.05, 4.69) is 30.1 Å². The van der Waals surface area contributed by atoms with Crippen molar-refractivity contribution in [2.45, 2.75) is 51.6 Å². The topological polar surface area (TPSA) is 39.1 Å². The Balaban J connectivity index is 2.04. The number of nitriles is 1. The summed E-state index contributed by atoms with van der Waals surface area (Å²) in [5.74, 6) is 0. The maximum atomic E-state index is 8.56. The number of nitrogens with one attached hydrogen (secondary N) is 1. The first-order valence-electron chi connectivity index (χ1n) is 6.08. The summed E-state index contributed by atoms with van der Waals surface area (Å²) in [5, 5.41) is 12.1. The third kappa shape index (κ3) is 5.76. The van der Waals surface area contributed by atoms with Gasteiger partial charge in [0.2, 0.25) is 0 Å². The van der Waals surface area contributed by atoms with Crippen molar-refractivity contribution >= 4 is 0 Å². The van der Waals surface area contributed by atoms with Gasteiger partial charge in [-0.05, 0) is 46.2 Å². The Morgan fingerprint density at radius 3 is 2.67 bits per heavy atom. The van der Waals surface area contributed by atoms with Crippen molar-refractivity contribution in [1.29, 1.82) is 5.26 Å². The second-order valence-electron chi connectivity index (χ2n) is 4.62. The quantitative estimate of drug-likeness (QED) is 0.619. The Kier molecular flexibility index (Phi) is 5.67. The monoisotopic (exact) mass is 209 g/mol. The van der Waals surface area contributed by atoms with Gasteiger partial charge in [0.15, 0.2) is 0 Å². The first kappa shape index (κ1) is 12.5. The average molecular weight is 209 g/mol. The summed E-state index contributed by atoms with van der Waals surface area (Å²) >= 11 is 0. The van der Waals surface area contributed by atoms with Crippen LogP contribution in [0, 0.1) is 11.3 Å². The smallest absolute Gasteiger partial charge is 0.0635 e. The summed E-state index contributed by atoms with van der Waals surface area (Å²) in [6.45, 7) is 7.55. The van der Waals surface area contributed by atoms with Crippen LogP contribution in [0.2, 0.25) is 0 Å². The minimum atomic E-state index is 0.555. The summed E-state index contributed by atoms with van der Waals surface area (Å²) in [4.78, 5) is 2.39. The average Bonchev–Trinajstić information content (AvgIpc) is 3.00. The van der Waals surface area contributed by atoms with Crippen LogP contribution in [0.15, 0.2) is 0 Å². The van der Waals surface area contributed by atoms with Gasteiger partial charge in [0, 0.05) is 25.0 Å². The van der Waals surface area contributed by atoms with Gasteiger partial charge in [-0.1, -0.05) is 0 Å². The highest BCUT2D eigenvalue weighted by molar-refractivity contribution is 4.81. The van der Waals surface area contributed by atoms with E-state index in [1.54, 1.807) is 0 Å². The van der Waals surface area contributed by atoms with Crippen LogP contribution in [0.1, 0.15) is 39.5 Å². The third-order valence-electron chi connectivity index (χ3n) is 2.87. The van der Waals surface area contributed by atoms with Gasteiger partial charge in [-0.15, -0.1) is 0 Å². The molecule has 0 aliphatic heterocycles. The van der Waals surface area contributed by atoms with Crippen LogP contribution in [0.4, 0.5) is 0 Å². The van der Waals surface area contributed by atoms with Crippen molar-refractivity contribution in [1.82, 2.24) is 10.2 Å². The van der Waals surface area contributed by atoms with Crippen LogP contribution in [-0.4, -0.2) is 36.6 Å². The Labute approximate surface area is 93.5 Å². The lowest BCUT2D eigenvalue weighted by Gasteiger charge is -2.25. The summed E-state index contributed by atoms with van der Waals surface area (Å²) in [5.41, 5.74) is 0. The van der Waals surface area contributed by atoms with Crippen LogP contribution >= 0.6 is 0 Å². The predicted molar refractivity (Wildman–Crippen MR) is 62.6 cm³/mol. The molecule has 0 amide bonds. The fourth-order valence-electron chi connectivity index (χ4n) is 1.70. The van der Waals surface area contributed by atoms with Crippen molar-refractivity contribution in [3.05, 3.63) is 0 Å². The van der Waals surface area contributed by atoms with Gasteiger partial charge in [0.1, 0.15) is 0 Å². The Hall–Kier alpha value is -0.590. The van der Waals surface area contributed by atoms with Crippen molar-refractivity contribution in [2.24, 2.45) is 0 Å². The lowest BCUT2D eigenvalue weighted by Crippen LogP contribution is -2.34. The molecule has 0 unspecified atom stereocenters. The highest BCUT2D eigenvalue weighted by atomic mass is 15.1. The molecule has 1 aliphatic rings. The Morgan fingerprint density at radius 1 is 1.40 bits per heavy atom. The van der Waals surface area contributed by atoms with Crippen LogP contribution in [0.3, 0.4) is 0 Å². The summed E-state index contributed by atoms with van der Waals surface area (Å²) < 4.78 is 0. The molecule has 1 saturated carbocycles. The summed E-state index contributed by atoms with van der Waals surface area (Å²) in [7, 11) is 0. The number of hydrogen-bond acceptors (Lipinski definition) is 3. The molecular weight excluding hydrogens is 186 g/mol. The molecule has 3 heteroatoms. The van der Waals surface area contributed by atoms with Crippen LogP contribution < -0.4 is 5.32 Å². The number of rotatable bonds is 8. The molecule has 0 saturated heterocycles. The van der Waals surface area contributed by atoms with Crippen molar-refractivity contribution in [3.8, 4) is 6.07 Å². The molecule has 86 valence electrons. The first-order chi connectivity index (χ1) is 7.24. The standard InChI is InChI=1S/C12H23N3/c1-11(2)15(9-3-7-13)10-4-8-14-12-5-6-12/h11-12,14H,3-6,8-10H2,1-2H3. The Morgan fingerprint density at radius 2 is 2.13 bits per heavy atom. The molecule has 0 heterocycles. The number of nitrogens with zero attached hydrogens (tertiary/aromatic N) is 2. The van der Waals surface area contributed by atoms with E-state index in [0.29, 0.717) is 12.5 Å². The molecule has 1 fully saturated rings.